The summed E-state index contributed by atoms with van der Waals surface area (Å²) in [4.78, 5) is 12.6. The second-order valence-electron chi connectivity index (χ2n) is 2.88. The first-order chi connectivity index (χ1) is 6.36. The van der Waals surface area contributed by atoms with Gasteiger partial charge in [0.15, 0.2) is 5.76 Å². The average molecular weight is 194 g/mol. The maximum Gasteiger partial charge on any atom is 0.202 e. The number of ketones is 1. The minimum atomic E-state index is 0.0972. The van der Waals surface area contributed by atoms with Crippen LogP contribution in [0.5, 0.6) is 0 Å². The molecule has 0 aliphatic carbocycles. The van der Waals surface area contributed by atoms with Gasteiger partial charge in [0.25, 0.3) is 0 Å². The fraction of sp³-hybridized carbons (Fsp3) is 0.300. The molecule has 0 bridgehead atoms. The van der Waals surface area contributed by atoms with Gasteiger partial charge < -0.3 is 4.74 Å². The summed E-state index contributed by atoms with van der Waals surface area (Å²) in [7, 11) is 0. The Kier molecular flexibility index (Phi) is 2.45. The average Bonchev–Trinajstić information content (AvgIpc) is 2.74. The Labute approximate surface area is 80.8 Å². The van der Waals surface area contributed by atoms with Gasteiger partial charge in [0.2, 0.25) is 5.78 Å². The van der Waals surface area contributed by atoms with Gasteiger partial charge in [0.05, 0.1) is 6.61 Å². The normalized spacial score (nSPS) is 15.2. The van der Waals surface area contributed by atoms with Gasteiger partial charge >= 0.3 is 0 Å². The molecule has 0 spiro atoms. The van der Waals surface area contributed by atoms with Crippen LogP contribution in [0.25, 0.3) is 0 Å². The van der Waals surface area contributed by atoms with E-state index in [-0.39, 0.29) is 5.78 Å². The van der Waals surface area contributed by atoms with E-state index >= 15 is 0 Å². The summed E-state index contributed by atoms with van der Waals surface area (Å²) in [6, 6.07) is 3.93. The van der Waals surface area contributed by atoms with E-state index in [2.05, 4.69) is 0 Å². The Bertz CT molecular complexity index is 325. The second kappa shape index (κ2) is 3.75. The molecular weight excluding hydrogens is 184 g/mol. The van der Waals surface area contributed by atoms with Gasteiger partial charge in [-0.05, 0) is 17.5 Å². The molecule has 0 N–H and O–H groups in total. The summed E-state index contributed by atoms with van der Waals surface area (Å²) < 4.78 is 5.18. The van der Waals surface area contributed by atoms with Crippen molar-refractivity contribution in [2.75, 3.05) is 6.61 Å². The summed E-state index contributed by atoms with van der Waals surface area (Å²) in [6.45, 7) is 0.658. The van der Waals surface area contributed by atoms with Crippen molar-refractivity contribution < 1.29 is 9.53 Å². The number of carbonyl (C=O) groups excluding carboxylic acids is 1. The molecule has 0 saturated heterocycles. The van der Waals surface area contributed by atoms with E-state index in [1.165, 1.54) is 0 Å². The summed E-state index contributed by atoms with van der Waals surface area (Å²) in [5.41, 5.74) is 0. The predicted octanol–water partition coefficient (Wildman–Crippen LogP) is 2.16. The van der Waals surface area contributed by atoms with Gasteiger partial charge in [-0.1, -0.05) is 6.07 Å². The highest BCUT2D eigenvalue weighted by Gasteiger charge is 2.15. The van der Waals surface area contributed by atoms with Crippen LogP contribution in [0.1, 0.15) is 11.3 Å². The number of hydrogen-bond donors (Lipinski definition) is 0. The summed E-state index contributed by atoms with van der Waals surface area (Å²) in [5, 5.41) is 1.98. The fourth-order valence-corrected chi connectivity index (χ4v) is 1.97. The highest BCUT2D eigenvalue weighted by atomic mass is 32.1. The van der Waals surface area contributed by atoms with Gasteiger partial charge in [0.1, 0.15) is 0 Å². The number of thiophene rings is 1. The maximum atomic E-state index is 11.5. The number of hydrogen-bond acceptors (Lipinski definition) is 3. The Morgan fingerprint density at radius 1 is 1.62 bits per heavy atom. The van der Waals surface area contributed by atoms with Crippen molar-refractivity contribution in [2.45, 2.75) is 12.8 Å². The molecule has 2 heterocycles. The molecule has 0 aromatic carbocycles. The molecule has 0 unspecified atom stereocenters. The molecule has 2 rings (SSSR count). The van der Waals surface area contributed by atoms with Gasteiger partial charge in [-0.2, -0.15) is 0 Å². The second-order valence-corrected chi connectivity index (χ2v) is 3.92. The van der Waals surface area contributed by atoms with Crippen molar-refractivity contribution in [3.63, 3.8) is 0 Å². The van der Waals surface area contributed by atoms with Crippen LogP contribution in [0.4, 0.5) is 0 Å². The molecule has 0 saturated carbocycles. The van der Waals surface area contributed by atoms with E-state index in [1.807, 2.05) is 23.6 Å². The van der Waals surface area contributed by atoms with Crippen molar-refractivity contribution in [1.29, 1.82) is 0 Å². The summed E-state index contributed by atoms with van der Waals surface area (Å²) in [5.74, 6) is 0.647. The third-order valence-corrected chi connectivity index (χ3v) is 2.77. The van der Waals surface area contributed by atoms with Crippen LogP contribution in [0.2, 0.25) is 0 Å². The summed E-state index contributed by atoms with van der Waals surface area (Å²) in [6.07, 6.45) is 3.21. The van der Waals surface area contributed by atoms with E-state index in [9.17, 15) is 4.79 Å². The third-order valence-electron chi connectivity index (χ3n) is 1.89. The number of Topliss-reactive ketones (excluding diaryl/α,β-unsaturated/α-hetero) is 1. The van der Waals surface area contributed by atoms with Crippen LogP contribution in [-0.4, -0.2) is 12.4 Å². The fourth-order valence-electron chi connectivity index (χ4n) is 1.27. The Hall–Kier alpha value is -1.09. The zero-order valence-corrected chi connectivity index (χ0v) is 7.97. The molecular formula is C10H10O2S. The molecule has 0 atom stereocenters. The lowest BCUT2D eigenvalue weighted by atomic mass is 10.2. The zero-order chi connectivity index (χ0) is 9.10. The molecule has 1 aliphatic rings. The Morgan fingerprint density at radius 3 is 3.15 bits per heavy atom. The topological polar surface area (TPSA) is 26.3 Å². The SMILES string of the molecule is O=C(Cc1cccs1)C1=CCCO1. The number of allylic oxidation sites excluding steroid dienone is 1. The van der Waals surface area contributed by atoms with Crippen LogP contribution in [0.15, 0.2) is 29.3 Å². The quantitative estimate of drug-likeness (QED) is 0.737. The molecule has 2 nitrogen and oxygen atoms in total. The maximum absolute atomic E-state index is 11.5. The third kappa shape index (κ3) is 1.98. The van der Waals surface area contributed by atoms with Gasteiger partial charge in [-0.25, -0.2) is 0 Å². The molecule has 3 heteroatoms. The lowest BCUT2D eigenvalue weighted by molar-refractivity contribution is -0.117. The predicted molar refractivity (Wildman–Crippen MR) is 51.7 cm³/mol. The van der Waals surface area contributed by atoms with Gasteiger partial charge in [-0.3, -0.25) is 4.79 Å². The first-order valence-electron chi connectivity index (χ1n) is 4.25. The first-order valence-corrected chi connectivity index (χ1v) is 5.13. The first kappa shape index (κ1) is 8.51. The smallest absolute Gasteiger partial charge is 0.202 e. The van der Waals surface area contributed by atoms with Crippen molar-refractivity contribution in [3.05, 3.63) is 34.2 Å². The summed E-state index contributed by atoms with van der Waals surface area (Å²) >= 11 is 1.61. The Morgan fingerprint density at radius 2 is 2.54 bits per heavy atom. The molecule has 1 aromatic rings. The number of rotatable bonds is 3. The van der Waals surface area contributed by atoms with Crippen LogP contribution in [0.3, 0.4) is 0 Å². The molecule has 68 valence electrons. The Balaban J connectivity index is 1.99. The van der Waals surface area contributed by atoms with Crippen LogP contribution >= 0.6 is 11.3 Å². The highest BCUT2D eigenvalue weighted by Crippen LogP contribution is 2.15. The van der Waals surface area contributed by atoms with Gasteiger partial charge in [0, 0.05) is 17.7 Å². The largest absolute Gasteiger partial charge is 0.490 e. The molecule has 0 fully saturated rings. The zero-order valence-electron chi connectivity index (χ0n) is 7.16. The van der Waals surface area contributed by atoms with E-state index in [0.29, 0.717) is 18.8 Å². The molecule has 13 heavy (non-hydrogen) atoms. The molecule has 1 aliphatic heterocycles. The van der Waals surface area contributed by atoms with Crippen molar-refractivity contribution in [2.24, 2.45) is 0 Å². The van der Waals surface area contributed by atoms with Gasteiger partial charge in [-0.15, -0.1) is 11.3 Å². The van der Waals surface area contributed by atoms with Crippen molar-refractivity contribution >= 4 is 17.1 Å². The molecule has 0 radical (unpaired) electrons. The minimum Gasteiger partial charge on any atom is -0.490 e. The van der Waals surface area contributed by atoms with Crippen LogP contribution < -0.4 is 0 Å². The van der Waals surface area contributed by atoms with Crippen LogP contribution in [-0.2, 0) is 16.0 Å². The standard InChI is InChI=1S/C10H10O2S/c11-9(10-4-1-5-12-10)7-8-3-2-6-13-8/h2-4,6H,1,5,7H2. The number of carbonyl (C=O) groups is 1. The molecule has 0 amide bonds. The van der Waals surface area contributed by atoms with Crippen molar-refractivity contribution in [3.8, 4) is 0 Å². The number of ether oxygens (including phenoxy) is 1. The van der Waals surface area contributed by atoms with Crippen molar-refractivity contribution in [1.82, 2.24) is 0 Å². The lowest BCUT2D eigenvalue weighted by Crippen LogP contribution is -2.05. The van der Waals surface area contributed by atoms with E-state index in [1.54, 1.807) is 11.3 Å². The van der Waals surface area contributed by atoms with E-state index in [4.69, 9.17) is 4.74 Å². The minimum absolute atomic E-state index is 0.0972. The van der Waals surface area contributed by atoms with Crippen LogP contribution in [0, 0.1) is 0 Å². The highest BCUT2D eigenvalue weighted by molar-refractivity contribution is 7.10. The van der Waals surface area contributed by atoms with E-state index in [0.717, 1.165) is 11.3 Å². The molecule has 1 aromatic heterocycles. The monoisotopic (exact) mass is 194 g/mol. The lowest BCUT2D eigenvalue weighted by Gasteiger charge is -2.00. The van der Waals surface area contributed by atoms with E-state index < -0.39 is 0 Å².